The molecule has 1 aliphatic carbocycles. The number of hydrogen-bond donors (Lipinski definition) is 3. The molecule has 192 valence electrons. The molecule has 37 heavy (non-hydrogen) atoms. The predicted octanol–water partition coefficient (Wildman–Crippen LogP) is 3.77. The average molecular weight is 502 g/mol. The number of nitrogens with one attached hydrogen (secondary N) is 3. The maximum Gasteiger partial charge on any atom is 0.321 e. The van der Waals surface area contributed by atoms with E-state index in [1.165, 1.54) is 0 Å². The Morgan fingerprint density at radius 1 is 1.16 bits per heavy atom. The first-order chi connectivity index (χ1) is 17.9. The summed E-state index contributed by atoms with van der Waals surface area (Å²) in [6.07, 6.45) is 6.47. The summed E-state index contributed by atoms with van der Waals surface area (Å²) in [4.78, 5) is 35.6. The molecular formula is C26H31N9O2. The maximum absolute atomic E-state index is 14.0. The fourth-order valence-corrected chi connectivity index (χ4v) is 5.28. The molecule has 2 aromatic carbocycles. The van der Waals surface area contributed by atoms with Crippen molar-refractivity contribution >= 4 is 41.2 Å². The third kappa shape index (κ3) is 4.64. The first kappa shape index (κ1) is 24.4. The van der Waals surface area contributed by atoms with Crippen LogP contribution in [0.15, 0.2) is 47.5 Å². The summed E-state index contributed by atoms with van der Waals surface area (Å²) in [5.41, 5.74) is 2.57. The number of aromatic amines is 1. The summed E-state index contributed by atoms with van der Waals surface area (Å²) >= 11 is 0. The van der Waals surface area contributed by atoms with Gasteiger partial charge < -0.3 is 20.4 Å². The minimum Gasteiger partial charge on any atom is -0.312 e. The van der Waals surface area contributed by atoms with Crippen LogP contribution >= 0.6 is 0 Å². The zero-order chi connectivity index (χ0) is 26.0. The van der Waals surface area contributed by atoms with Gasteiger partial charge in [0.05, 0.1) is 5.69 Å². The van der Waals surface area contributed by atoms with Crippen molar-refractivity contribution in [3.05, 3.63) is 53.6 Å². The number of carbonyl (C=O) groups is 2. The Morgan fingerprint density at radius 2 is 1.95 bits per heavy atom. The van der Waals surface area contributed by atoms with Gasteiger partial charge in [-0.2, -0.15) is 0 Å². The number of para-hydroxylation sites is 1. The normalized spacial score (nSPS) is 19.8. The molecule has 2 heterocycles. The lowest BCUT2D eigenvalue weighted by Crippen LogP contribution is -2.63. The van der Waals surface area contributed by atoms with Crippen LogP contribution < -0.4 is 20.4 Å². The Kier molecular flexibility index (Phi) is 6.60. The number of hydrogen-bond acceptors (Lipinski definition) is 7. The predicted molar refractivity (Wildman–Crippen MR) is 142 cm³/mol. The molecule has 11 heteroatoms. The molecule has 1 atom stereocenters. The van der Waals surface area contributed by atoms with E-state index in [1.54, 1.807) is 23.1 Å². The number of benzodiazepines with no additional fused rings is 1. The Balaban J connectivity index is 1.44. The molecule has 1 aromatic heterocycles. The lowest BCUT2D eigenvalue weighted by Gasteiger charge is -2.40. The van der Waals surface area contributed by atoms with Gasteiger partial charge in [0.1, 0.15) is 0 Å². The van der Waals surface area contributed by atoms with Crippen molar-refractivity contribution in [2.45, 2.75) is 44.7 Å². The van der Waals surface area contributed by atoms with Crippen LogP contribution in [0.2, 0.25) is 0 Å². The number of urea groups is 1. The molecular weight excluding hydrogens is 470 g/mol. The number of benzene rings is 2. The van der Waals surface area contributed by atoms with Gasteiger partial charge >= 0.3 is 6.03 Å². The second-order valence-electron chi connectivity index (χ2n) is 9.65. The van der Waals surface area contributed by atoms with Crippen LogP contribution in [0.3, 0.4) is 0 Å². The van der Waals surface area contributed by atoms with Crippen molar-refractivity contribution in [3.8, 4) is 0 Å². The highest BCUT2D eigenvalue weighted by atomic mass is 16.2. The van der Waals surface area contributed by atoms with Gasteiger partial charge in [0.2, 0.25) is 11.6 Å². The van der Waals surface area contributed by atoms with Crippen molar-refractivity contribution in [1.29, 1.82) is 0 Å². The molecule has 0 spiro atoms. The number of carbonyl (C=O) groups excluding carboxylic acids is 2. The number of H-pyrrole nitrogens is 1. The number of likely N-dealkylation sites (N-methyl/N-ethyl adjacent to an activating group) is 1. The molecule has 0 bridgehead atoms. The fourth-order valence-electron chi connectivity index (χ4n) is 5.28. The largest absolute Gasteiger partial charge is 0.321 e. The first-order valence-corrected chi connectivity index (χ1v) is 12.5. The van der Waals surface area contributed by atoms with E-state index in [0.717, 1.165) is 54.6 Å². The molecule has 5 rings (SSSR count). The van der Waals surface area contributed by atoms with Gasteiger partial charge in [-0.1, -0.05) is 48.6 Å². The highest BCUT2D eigenvalue weighted by molar-refractivity contribution is 6.09. The second kappa shape index (κ2) is 10.00. The molecule has 3 aromatic rings. The second-order valence-corrected chi connectivity index (χ2v) is 9.65. The lowest BCUT2D eigenvalue weighted by molar-refractivity contribution is -0.126. The molecule has 1 saturated carbocycles. The fraction of sp³-hybridized carbons (Fsp3) is 0.385. The van der Waals surface area contributed by atoms with E-state index in [4.69, 9.17) is 4.99 Å². The molecule has 0 unspecified atom stereocenters. The van der Waals surface area contributed by atoms with Crippen LogP contribution in [0, 0.1) is 12.8 Å². The van der Waals surface area contributed by atoms with Gasteiger partial charge in [-0.05, 0) is 54.0 Å². The number of rotatable bonds is 5. The zero-order valence-corrected chi connectivity index (χ0v) is 21.2. The SMILES string of the molecule is Cc1ccc(NC(=O)N[C@]2(C3CCCCC3)N=Cc3ccccc3N(C)C2=O)cc1N(C)c1nnn[nH]1. The smallest absolute Gasteiger partial charge is 0.312 e. The molecule has 0 saturated heterocycles. The van der Waals surface area contributed by atoms with E-state index in [-0.39, 0.29) is 11.8 Å². The number of tetrazole rings is 1. The summed E-state index contributed by atoms with van der Waals surface area (Å²) < 4.78 is 0. The van der Waals surface area contributed by atoms with E-state index in [9.17, 15) is 9.59 Å². The highest BCUT2D eigenvalue weighted by Gasteiger charge is 2.49. The number of aryl methyl sites for hydroxylation is 1. The highest BCUT2D eigenvalue weighted by Crippen LogP contribution is 2.38. The van der Waals surface area contributed by atoms with Crippen LogP contribution in [-0.2, 0) is 4.79 Å². The molecule has 0 radical (unpaired) electrons. The molecule has 3 amide bonds. The van der Waals surface area contributed by atoms with Gasteiger partial charge in [0.25, 0.3) is 5.91 Å². The van der Waals surface area contributed by atoms with Crippen LogP contribution in [0.1, 0.15) is 43.2 Å². The van der Waals surface area contributed by atoms with Crippen molar-refractivity contribution in [1.82, 2.24) is 25.9 Å². The van der Waals surface area contributed by atoms with Crippen LogP contribution in [-0.4, -0.2) is 58.5 Å². The van der Waals surface area contributed by atoms with E-state index in [2.05, 4.69) is 31.3 Å². The average Bonchev–Trinajstić information content (AvgIpc) is 3.44. The van der Waals surface area contributed by atoms with Crippen LogP contribution in [0.4, 0.5) is 27.8 Å². The number of amides is 3. The summed E-state index contributed by atoms with van der Waals surface area (Å²) in [6.45, 7) is 1.96. The first-order valence-electron chi connectivity index (χ1n) is 12.5. The number of anilines is 4. The minimum atomic E-state index is -1.39. The molecule has 2 aliphatic rings. The van der Waals surface area contributed by atoms with Crippen LogP contribution in [0.5, 0.6) is 0 Å². The summed E-state index contributed by atoms with van der Waals surface area (Å²) in [5, 5.41) is 19.9. The van der Waals surface area contributed by atoms with Gasteiger partial charge in [0.15, 0.2) is 0 Å². The lowest BCUT2D eigenvalue weighted by atomic mass is 9.79. The van der Waals surface area contributed by atoms with Gasteiger partial charge in [-0.25, -0.2) is 9.89 Å². The number of fused-ring (bicyclic) bond motifs is 1. The monoisotopic (exact) mass is 501 g/mol. The van der Waals surface area contributed by atoms with Crippen molar-refractivity contribution in [3.63, 3.8) is 0 Å². The third-order valence-electron chi connectivity index (χ3n) is 7.32. The molecule has 3 N–H and O–H groups in total. The molecule has 1 fully saturated rings. The third-order valence-corrected chi connectivity index (χ3v) is 7.32. The van der Waals surface area contributed by atoms with Crippen molar-refractivity contribution in [2.75, 3.05) is 29.2 Å². The Morgan fingerprint density at radius 3 is 2.70 bits per heavy atom. The summed E-state index contributed by atoms with van der Waals surface area (Å²) in [7, 11) is 3.58. The Labute approximate surface area is 215 Å². The summed E-state index contributed by atoms with van der Waals surface area (Å²) in [5.74, 6) is 0.131. The maximum atomic E-state index is 14.0. The number of nitrogens with zero attached hydrogens (tertiary/aromatic N) is 6. The summed E-state index contributed by atoms with van der Waals surface area (Å²) in [6, 6.07) is 12.7. The van der Waals surface area contributed by atoms with E-state index < -0.39 is 11.7 Å². The van der Waals surface area contributed by atoms with Gasteiger partial charge in [-0.15, -0.1) is 0 Å². The van der Waals surface area contributed by atoms with E-state index in [1.807, 2.05) is 56.4 Å². The molecule has 1 aliphatic heterocycles. The standard InChI is InChI=1S/C26H31N9O2/c1-17-13-14-20(15-22(17)35(3)24-30-32-33-31-24)28-25(37)29-26(19-10-5-4-6-11-19)23(36)34(2)21-12-8-7-9-18(21)16-27-26/h7-9,12-16,19H,4-6,10-11H2,1-3H3,(H2,28,29,37)(H,30,31,32,33)/t26-/m0/s1. The number of aromatic nitrogens is 4. The Bertz CT molecular complexity index is 1320. The van der Waals surface area contributed by atoms with Gasteiger partial charge in [0, 0.05) is 43.2 Å². The number of aliphatic imine (C=N–C) groups is 1. The van der Waals surface area contributed by atoms with Gasteiger partial charge in [-0.3, -0.25) is 9.79 Å². The topological polar surface area (TPSA) is 132 Å². The van der Waals surface area contributed by atoms with E-state index >= 15 is 0 Å². The van der Waals surface area contributed by atoms with Crippen LogP contribution in [0.25, 0.3) is 0 Å². The quantitative estimate of drug-likeness (QED) is 0.488. The zero-order valence-electron chi connectivity index (χ0n) is 21.2. The Hall–Kier alpha value is -4.28. The van der Waals surface area contributed by atoms with E-state index in [0.29, 0.717) is 11.6 Å². The molecule has 11 nitrogen and oxygen atoms in total. The minimum absolute atomic E-state index is 0.105. The van der Waals surface area contributed by atoms with Crippen molar-refractivity contribution in [2.24, 2.45) is 10.9 Å². The van der Waals surface area contributed by atoms with Crippen molar-refractivity contribution < 1.29 is 9.59 Å².